The Labute approximate surface area is 137 Å². The predicted octanol–water partition coefficient (Wildman–Crippen LogP) is 1.42. The fourth-order valence-corrected chi connectivity index (χ4v) is 2.04. The summed E-state index contributed by atoms with van der Waals surface area (Å²) >= 11 is 0. The van der Waals surface area contributed by atoms with Gasteiger partial charge in [0, 0.05) is 26.2 Å². The molecule has 6 nitrogen and oxygen atoms in total. The molecule has 1 aliphatic carbocycles. The van der Waals surface area contributed by atoms with Crippen molar-refractivity contribution in [3.63, 3.8) is 0 Å². The molecule has 126 valence electrons. The number of guanidine groups is 1. The number of aliphatic imine (C=N–C) groups is 1. The third-order valence-corrected chi connectivity index (χ3v) is 3.44. The standard InChI is InChI=1S/C17H26N4O2/c1-3-9-19-17(18-2)20-11-13-5-4-6-15(10-13)23-12-16(22)21-14-7-8-14/h4-6,10,14H,3,7-9,11-12H2,1-2H3,(H,21,22)(H2,18,19,20). The molecule has 0 bridgehead atoms. The van der Waals surface area contributed by atoms with Crippen LogP contribution in [0, 0.1) is 0 Å². The van der Waals surface area contributed by atoms with Crippen LogP contribution in [0.3, 0.4) is 0 Å². The van der Waals surface area contributed by atoms with Gasteiger partial charge in [0.05, 0.1) is 0 Å². The first kappa shape index (κ1) is 17.1. The van der Waals surface area contributed by atoms with Crippen LogP contribution >= 0.6 is 0 Å². The minimum Gasteiger partial charge on any atom is -0.484 e. The Balaban J connectivity index is 1.77. The van der Waals surface area contributed by atoms with Crippen LogP contribution in [0.1, 0.15) is 31.7 Å². The second-order valence-electron chi connectivity index (χ2n) is 5.63. The molecular formula is C17H26N4O2. The van der Waals surface area contributed by atoms with Crippen molar-refractivity contribution >= 4 is 11.9 Å². The number of nitrogens with one attached hydrogen (secondary N) is 3. The van der Waals surface area contributed by atoms with Crippen molar-refractivity contribution < 1.29 is 9.53 Å². The van der Waals surface area contributed by atoms with Crippen molar-refractivity contribution in [2.75, 3.05) is 20.2 Å². The quantitative estimate of drug-likeness (QED) is 0.500. The molecule has 0 aromatic heterocycles. The van der Waals surface area contributed by atoms with Crippen molar-refractivity contribution in [2.45, 2.75) is 38.8 Å². The Morgan fingerprint density at radius 2 is 2.17 bits per heavy atom. The second-order valence-corrected chi connectivity index (χ2v) is 5.63. The molecule has 0 radical (unpaired) electrons. The van der Waals surface area contributed by atoms with E-state index in [1.54, 1.807) is 7.05 Å². The summed E-state index contributed by atoms with van der Waals surface area (Å²) in [7, 11) is 1.75. The Kier molecular flexibility index (Phi) is 6.72. The lowest BCUT2D eigenvalue weighted by Crippen LogP contribution is -2.37. The zero-order valence-corrected chi connectivity index (χ0v) is 13.9. The minimum atomic E-state index is -0.0554. The molecule has 0 spiro atoms. The van der Waals surface area contributed by atoms with Gasteiger partial charge in [0.1, 0.15) is 5.75 Å². The Morgan fingerprint density at radius 1 is 1.35 bits per heavy atom. The van der Waals surface area contributed by atoms with E-state index < -0.39 is 0 Å². The highest BCUT2D eigenvalue weighted by atomic mass is 16.5. The zero-order chi connectivity index (χ0) is 16.5. The van der Waals surface area contributed by atoms with Crippen LogP contribution in [-0.2, 0) is 11.3 Å². The van der Waals surface area contributed by atoms with Crippen molar-refractivity contribution in [3.8, 4) is 5.75 Å². The average molecular weight is 318 g/mol. The average Bonchev–Trinajstić information content (AvgIpc) is 3.37. The molecule has 0 heterocycles. The number of nitrogens with zero attached hydrogens (tertiary/aromatic N) is 1. The summed E-state index contributed by atoms with van der Waals surface area (Å²) in [6, 6.07) is 8.09. The van der Waals surface area contributed by atoms with Gasteiger partial charge in [-0.3, -0.25) is 9.79 Å². The van der Waals surface area contributed by atoms with E-state index in [1.807, 2.05) is 24.3 Å². The van der Waals surface area contributed by atoms with Crippen molar-refractivity contribution in [1.29, 1.82) is 0 Å². The molecule has 0 atom stereocenters. The van der Waals surface area contributed by atoms with Crippen LogP contribution in [0.2, 0.25) is 0 Å². The maximum Gasteiger partial charge on any atom is 0.258 e. The number of carbonyl (C=O) groups excluding carboxylic acids is 1. The molecule has 3 N–H and O–H groups in total. The first-order valence-corrected chi connectivity index (χ1v) is 8.17. The van der Waals surface area contributed by atoms with Crippen molar-refractivity contribution in [1.82, 2.24) is 16.0 Å². The van der Waals surface area contributed by atoms with Crippen LogP contribution in [0.4, 0.5) is 0 Å². The number of rotatable bonds is 8. The molecule has 23 heavy (non-hydrogen) atoms. The first-order valence-electron chi connectivity index (χ1n) is 8.17. The van der Waals surface area contributed by atoms with E-state index in [1.165, 1.54) is 0 Å². The Morgan fingerprint density at radius 3 is 2.87 bits per heavy atom. The van der Waals surface area contributed by atoms with E-state index >= 15 is 0 Å². The minimum absolute atomic E-state index is 0.0554. The molecule has 1 aliphatic rings. The number of amides is 1. The highest BCUT2D eigenvalue weighted by molar-refractivity contribution is 5.79. The molecule has 0 unspecified atom stereocenters. The molecular weight excluding hydrogens is 292 g/mol. The van der Waals surface area contributed by atoms with E-state index in [0.717, 1.165) is 37.3 Å². The van der Waals surface area contributed by atoms with Gasteiger partial charge < -0.3 is 20.7 Å². The highest BCUT2D eigenvalue weighted by Gasteiger charge is 2.23. The second kappa shape index (κ2) is 9.02. The fraction of sp³-hybridized carbons (Fsp3) is 0.529. The number of hydrogen-bond acceptors (Lipinski definition) is 3. The molecule has 6 heteroatoms. The van der Waals surface area contributed by atoms with Gasteiger partial charge in [-0.1, -0.05) is 19.1 Å². The molecule has 0 saturated heterocycles. The zero-order valence-electron chi connectivity index (χ0n) is 13.9. The first-order chi connectivity index (χ1) is 11.2. The summed E-state index contributed by atoms with van der Waals surface area (Å²) < 4.78 is 5.55. The summed E-state index contributed by atoms with van der Waals surface area (Å²) in [5, 5.41) is 9.38. The topological polar surface area (TPSA) is 74.8 Å². The monoisotopic (exact) mass is 318 g/mol. The number of carbonyl (C=O) groups is 1. The highest BCUT2D eigenvalue weighted by Crippen LogP contribution is 2.18. The number of ether oxygens (including phenoxy) is 1. The van der Waals surface area contributed by atoms with Gasteiger partial charge in [-0.05, 0) is 37.0 Å². The SMILES string of the molecule is CCCNC(=NC)NCc1cccc(OCC(=O)NC2CC2)c1. The lowest BCUT2D eigenvalue weighted by atomic mass is 10.2. The van der Waals surface area contributed by atoms with Gasteiger partial charge in [-0.15, -0.1) is 0 Å². The third-order valence-electron chi connectivity index (χ3n) is 3.44. The van der Waals surface area contributed by atoms with Crippen LogP contribution in [0.25, 0.3) is 0 Å². The van der Waals surface area contributed by atoms with E-state index in [-0.39, 0.29) is 12.5 Å². The number of benzene rings is 1. The van der Waals surface area contributed by atoms with E-state index in [4.69, 9.17) is 4.74 Å². The Hall–Kier alpha value is -2.24. The maximum atomic E-state index is 11.6. The molecule has 2 rings (SSSR count). The predicted molar refractivity (Wildman–Crippen MR) is 91.6 cm³/mol. The van der Waals surface area contributed by atoms with Crippen LogP contribution < -0.4 is 20.7 Å². The molecule has 1 saturated carbocycles. The van der Waals surface area contributed by atoms with Gasteiger partial charge in [0.25, 0.3) is 5.91 Å². The summed E-state index contributed by atoms with van der Waals surface area (Å²) in [6.45, 7) is 3.71. The lowest BCUT2D eigenvalue weighted by Gasteiger charge is -2.12. The smallest absolute Gasteiger partial charge is 0.258 e. The van der Waals surface area contributed by atoms with Crippen molar-refractivity contribution in [3.05, 3.63) is 29.8 Å². The van der Waals surface area contributed by atoms with Gasteiger partial charge in [0.15, 0.2) is 12.6 Å². The summed E-state index contributed by atoms with van der Waals surface area (Å²) in [4.78, 5) is 15.8. The molecule has 1 aromatic carbocycles. The van der Waals surface area contributed by atoms with Crippen molar-refractivity contribution in [2.24, 2.45) is 4.99 Å². The maximum absolute atomic E-state index is 11.6. The molecule has 1 aromatic rings. The lowest BCUT2D eigenvalue weighted by molar-refractivity contribution is -0.123. The van der Waals surface area contributed by atoms with E-state index in [2.05, 4.69) is 27.9 Å². The number of hydrogen-bond donors (Lipinski definition) is 3. The largest absolute Gasteiger partial charge is 0.484 e. The Bertz CT molecular complexity index is 541. The van der Waals surface area contributed by atoms with Crippen LogP contribution in [0.15, 0.2) is 29.3 Å². The normalized spacial score (nSPS) is 14.3. The summed E-state index contributed by atoms with van der Waals surface area (Å²) in [5.74, 6) is 1.42. The van der Waals surface area contributed by atoms with E-state index in [0.29, 0.717) is 18.3 Å². The third kappa shape index (κ3) is 6.59. The fourth-order valence-electron chi connectivity index (χ4n) is 2.04. The summed E-state index contributed by atoms with van der Waals surface area (Å²) in [5.41, 5.74) is 1.07. The van der Waals surface area contributed by atoms with Gasteiger partial charge in [-0.2, -0.15) is 0 Å². The molecule has 1 fully saturated rings. The van der Waals surface area contributed by atoms with Crippen LogP contribution in [-0.4, -0.2) is 38.1 Å². The van der Waals surface area contributed by atoms with E-state index in [9.17, 15) is 4.79 Å². The van der Waals surface area contributed by atoms with Crippen LogP contribution in [0.5, 0.6) is 5.75 Å². The molecule has 1 amide bonds. The summed E-state index contributed by atoms with van der Waals surface area (Å²) in [6.07, 6.45) is 3.22. The van der Waals surface area contributed by atoms with Gasteiger partial charge >= 0.3 is 0 Å². The van der Waals surface area contributed by atoms with Gasteiger partial charge in [0.2, 0.25) is 0 Å². The molecule has 0 aliphatic heterocycles. The van der Waals surface area contributed by atoms with Gasteiger partial charge in [-0.25, -0.2) is 0 Å².